The van der Waals surface area contributed by atoms with Crippen LogP contribution in [-0.2, 0) is 6.42 Å². The first-order valence-corrected chi connectivity index (χ1v) is 7.95. The lowest BCUT2D eigenvalue weighted by molar-refractivity contribution is 0.612. The number of fused-ring (bicyclic) bond motifs is 1. The molecule has 4 heteroatoms. The Labute approximate surface area is 146 Å². The minimum atomic E-state index is 0. The Balaban J connectivity index is 0.00000220. The number of rotatable bonds is 7. The van der Waals surface area contributed by atoms with Gasteiger partial charge in [0.25, 0.3) is 0 Å². The minimum absolute atomic E-state index is 0. The number of nitrogens with zero attached hydrogens (tertiary/aromatic N) is 1. The van der Waals surface area contributed by atoms with Crippen molar-refractivity contribution >= 4 is 29.9 Å². The third-order valence-corrected chi connectivity index (χ3v) is 3.85. The maximum atomic E-state index is 4.73. The van der Waals surface area contributed by atoms with Gasteiger partial charge >= 0.3 is 0 Å². The Morgan fingerprint density at radius 1 is 1.19 bits per heavy atom. The van der Waals surface area contributed by atoms with Gasteiger partial charge in [-0.1, -0.05) is 44.0 Å². The maximum Gasteiger partial charge on any atom is 0.191 e. The third kappa shape index (κ3) is 5.49. The number of hydrogen-bond donors (Lipinski definition) is 2. The van der Waals surface area contributed by atoms with Crippen LogP contribution in [0.4, 0.5) is 0 Å². The van der Waals surface area contributed by atoms with Gasteiger partial charge in [0.15, 0.2) is 5.96 Å². The second-order valence-corrected chi connectivity index (χ2v) is 5.45. The first-order valence-electron chi connectivity index (χ1n) is 7.95. The summed E-state index contributed by atoms with van der Waals surface area (Å²) in [5.41, 5.74) is 2.98. The fourth-order valence-electron chi connectivity index (χ4n) is 2.65. The van der Waals surface area contributed by atoms with Gasteiger partial charge in [0.05, 0.1) is 0 Å². The Bertz CT molecular complexity index is 445. The Kier molecular flexibility index (Phi) is 8.73. The van der Waals surface area contributed by atoms with Crippen LogP contribution < -0.4 is 10.6 Å². The van der Waals surface area contributed by atoms with E-state index in [0.29, 0.717) is 5.92 Å². The van der Waals surface area contributed by atoms with Crippen LogP contribution in [-0.4, -0.2) is 25.6 Å². The van der Waals surface area contributed by atoms with Crippen molar-refractivity contribution in [1.82, 2.24) is 10.6 Å². The highest BCUT2D eigenvalue weighted by molar-refractivity contribution is 14.0. The lowest BCUT2D eigenvalue weighted by Crippen LogP contribution is -2.38. The molecule has 0 heterocycles. The summed E-state index contributed by atoms with van der Waals surface area (Å²) in [6.07, 6.45) is 4.93. The van der Waals surface area contributed by atoms with Crippen LogP contribution >= 0.6 is 24.0 Å². The van der Waals surface area contributed by atoms with Crippen LogP contribution in [0.25, 0.3) is 0 Å². The quantitative estimate of drug-likeness (QED) is 0.317. The lowest BCUT2D eigenvalue weighted by Gasteiger charge is -2.28. The van der Waals surface area contributed by atoms with Gasteiger partial charge in [-0.25, -0.2) is 0 Å². The minimum Gasteiger partial charge on any atom is -0.357 e. The van der Waals surface area contributed by atoms with Gasteiger partial charge in [0.1, 0.15) is 0 Å². The maximum absolute atomic E-state index is 4.73. The summed E-state index contributed by atoms with van der Waals surface area (Å²) in [5, 5.41) is 6.75. The van der Waals surface area contributed by atoms with E-state index in [1.165, 1.54) is 36.8 Å². The highest BCUT2D eigenvalue weighted by Gasteiger charge is 2.24. The molecule has 2 N–H and O–H groups in total. The summed E-state index contributed by atoms with van der Waals surface area (Å²) in [7, 11) is 0. The Morgan fingerprint density at radius 2 is 2.00 bits per heavy atom. The molecular weight excluding hydrogens is 373 g/mol. The van der Waals surface area contributed by atoms with Gasteiger partial charge in [-0.3, -0.25) is 4.99 Å². The normalized spacial score (nSPS) is 16.5. The fraction of sp³-hybridized carbons (Fsp3) is 0.588. The van der Waals surface area contributed by atoms with E-state index in [4.69, 9.17) is 4.99 Å². The molecule has 0 amide bonds. The van der Waals surface area contributed by atoms with Crippen molar-refractivity contribution in [3.8, 4) is 0 Å². The van der Waals surface area contributed by atoms with Crippen molar-refractivity contribution in [3.63, 3.8) is 0 Å². The molecule has 118 valence electrons. The zero-order valence-electron chi connectivity index (χ0n) is 13.2. The van der Waals surface area contributed by atoms with Gasteiger partial charge in [0.2, 0.25) is 0 Å². The number of guanidine groups is 1. The van der Waals surface area contributed by atoms with Crippen molar-refractivity contribution in [2.75, 3.05) is 19.6 Å². The molecule has 0 spiro atoms. The van der Waals surface area contributed by atoms with Gasteiger partial charge in [-0.05, 0) is 30.9 Å². The molecule has 1 aliphatic rings. The van der Waals surface area contributed by atoms with E-state index in [1.54, 1.807) is 0 Å². The molecule has 2 rings (SSSR count). The molecule has 1 aromatic rings. The summed E-state index contributed by atoms with van der Waals surface area (Å²) in [4.78, 5) is 4.73. The monoisotopic (exact) mass is 401 g/mol. The van der Waals surface area contributed by atoms with E-state index in [0.717, 1.165) is 25.6 Å². The van der Waals surface area contributed by atoms with Gasteiger partial charge in [-0.15, -0.1) is 24.0 Å². The zero-order chi connectivity index (χ0) is 14.2. The van der Waals surface area contributed by atoms with Crippen LogP contribution in [0.2, 0.25) is 0 Å². The summed E-state index contributed by atoms with van der Waals surface area (Å²) >= 11 is 0. The molecule has 0 fully saturated rings. The van der Waals surface area contributed by atoms with Crippen LogP contribution in [0.5, 0.6) is 0 Å². The smallest absolute Gasteiger partial charge is 0.191 e. The molecule has 0 radical (unpaired) electrons. The molecule has 0 aromatic heterocycles. The van der Waals surface area contributed by atoms with Crippen molar-refractivity contribution in [1.29, 1.82) is 0 Å². The number of aliphatic imine (C=N–C) groups is 1. The van der Waals surface area contributed by atoms with E-state index in [1.807, 2.05) is 0 Å². The van der Waals surface area contributed by atoms with Gasteiger partial charge in [-0.2, -0.15) is 0 Å². The summed E-state index contributed by atoms with van der Waals surface area (Å²) in [6.45, 7) is 7.16. The molecule has 1 aliphatic carbocycles. The highest BCUT2D eigenvalue weighted by atomic mass is 127. The van der Waals surface area contributed by atoms with Gasteiger partial charge in [0, 0.05) is 25.6 Å². The number of benzene rings is 1. The second-order valence-electron chi connectivity index (χ2n) is 5.45. The molecule has 0 aliphatic heterocycles. The standard InChI is InChI=1S/C17H27N3.HI/c1-3-5-8-11-19-17(18-4-2)20-13-15-12-14-9-6-7-10-16(14)15;/h6-7,9-10,15H,3-5,8,11-13H2,1-2H3,(H2,18,19,20);1H. The first-order chi connectivity index (χ1) is 9.85. The molecule has 3 nitrogen and oxygen atoms in total. The number of halogens is 1. The van der Waals surface area contributed by atoms with Crippen LogP contribution in [0, 0.1) is 0 Å². The zero-order valence-corrected chi connectivity index (χ0v) is 15.5. The Morgan fingerprint density at radius 3 is 2.71 bits per heavy atom. The molecule has 1 unspecified atom stereocenters. The lowest BCUT2D eigenvalue weighted by atomic mass is 9.78. The molecule has 21 heavy (non-hydrogen) atoms. The molecule has 0 saturated carbocycles. The SMILES string of the molecule is CCCCCNC(=NCC1Cc2ccccc21)NCC.I. The fourth-order valence-corrected chi connectivity index (χ4v) is 2.65. The average Bonchev–Trinajstić information content (AvgIpc) is 2.44. The van der Waals surface area contributed by atoms with Crippen molar-refractivity contribution in [3.05, 3.63) is 35.4 Å². The number of unbranched alkanes of at least 4 members (excludes halogenated alkanes) is 2. The van der Waals surface area contributed by atoms with E-state index in [2.05, 4.69) is 48.7 Å². The van der Waals surface area contributed by atoms with E-state index < -0.39 is 0 Å². The van der Waals surface area contributed by atoms with Crippen LogP contribution in [0.3, 0.4) is 0 Å². The number of nitrogens with one attached hydrogen (secondary N) is 2. The van der Waals surface area contributed by atoms with E-state index >= 15 is 0 Å². The average molecular weight is 401 g/mol. The van der Waals surface area contributed by atoms with Crippen LogP contribution in [0.15, 0.2) is 29.3 Å². The first kappa shape index (κ1) is 18.3. The predicted molar refractivity (Wildman–Crippen MR) is 102 cm³/mol. The van der Waals surface area contributed by atoms with Crippen molar-refractivity contribution < 1.29 is 0 Å². The van der Waals surface area contributed by atoms with Crippen LogP contribution in [0.1, 0.15) is 50.2 Å². The summed E-state index contributed by atoms with van der Waals surface area (Å²) < 4.78 is 0. The molecule has 1 aromatic carbocycles. The van der Waals surface area contributed by atoms with E-state index in [9.17, 15) is 0 Å². The summed E-state index contributed by atoms with van der Waals surface area (Å²) in [5.74, 6) is 1.57. The second kappa shape index (κ2) is 10.0. The molecule has 1 atom stereocenters. The highest BCUT2D eigenvalue weighted by Crippen LogP contribution is 2.34. The molecule has 0 saturated heterocycles. The van der Waals surface area contributed by atoms with Crippen molar-refractivity contribution in [2.45, 2.75) is 45.4 Å². The topological polar surface area (TPSA) is 36.4 Å². The summed E-state index contributed by atoms with van der Waals surface area (Å²) in [6, 6.07) is 8.71. The third-order valence-electron chi connectivity index (χ3n) is 3.85. The predicted octanol–water partition coefficient (Wildman–Crippen LogP) is 3.69. The van der Waals surface area contributed by atoms with Gasteiger partial charge < -0.3 is 10.6 Å². The van der Waals surface area contributed by atoms with Crippen molar-refractivity contribution in [2.24, 2.45) is 4.99 Å². The number of hydrogen-bond acceptors (Lipinski definition) is 1. The largest absolute Gasteiger partial charge is 0.357 e. The molecule has 0 bridgehead atoms. The Hall–Kier alpha value is -0.780. The van der Waals surface area contributed by atoms with E-state index in [-0.39, 0.29) is 24.0 Å². The molecular formula is C17H28IN3.